The molecule has 0 aromatic heterocycles. The third-order valence-corrected chi connectivity index (χ3v) is 4.77. The Kier molecular flexibility index (Phi) is 6.54. The molecule has 102 valence electrons. The normalized spacial score (nSPS) is 21.0. The first-order valence-electron chi connectivity index (χ1n) is 7.88. The number of rotatable bonds is 8. The molecule has 0 bridgehead atoms. The Morgan fingerprint density at radius 2 is 1.71 bits per heavy atom. The Morgan fingerprint density at radius 3 is 2.18 bits per heavy atom. The van der Waals surface area contributed by atoms with Crippen molar-refractivity contribution >= 4 is 0 Å². The van der Waals surface area contributed by atoms with E-state index in [1.54, 1.807) is 0 Å². The SMILES string of the molecule is CCNC(CCCC(C)C)C1(CC)CCCC1. The second-order valence-corrected chi connectivity index (χ2v) is 6.36. The maximum absolute atomic E-state index is 3.79. The topological polar surface area (TPSA) is 12.0 Å². The van der Waals surface area contributed by atoms with Crippen molar-refractivity contribution in [2.75, 3.05) is 6.54 Å². The van der Waals surface area contributed by atoms with Crippen LogP contribution in [0.25, 0.3) is 0 Å². The van der Waals surface area contributed by atoms with Crippen LogP contribution in [0.3, 0.4) is 0 Å². The van der Waals surface area contributed by atoms with Gasteiger partial charge in [0.05, 0.1) is 0 Å². The highest BCUT2D eigenvalue weighted by atomic mass is 14.9. The summed E-state index contributed by atoms with van der Waals surface area (Å²) >= 11 is 0. The molecular formula is C16H33N. The fraction of sp³-hybridized carbons (Fsp3) is 1.00. The van der Waals surface area contributed by atoms with E-state index in [9.17, 15) is 0 Å². The van der Waals surface area contributed by atoms with Gasteiger partial charge in [-0.15, -0.1) is 0 Å². The predicted molar refractivity (Wildman–Crippen MR) is 77.3 cm³/mol. The fourth-order valence-corrected chi connectivity index (χ4v) is 3.63. The molecule has 1 heteroatoms. The summed E-state index contributed by atoms with van der Waals surface area (Å²) in [6.07, 6.45) is 11.4. The van der Waals surface area contributed by atoms with E-state index in [1.807, 2.05) is 0 Å². The van der Waals surface area contributed by atoms with Gasteiger partial charge in [0.15, 0.2) is 0 Å². The quantitative estimate of drug-likeness (QED) is 0.644. The van der Waals surface area contributed by atoms with Crippen LogP contribution in [0.4, 0.5) is 0 Å². The summed E-state index contributed by atoms with van der Waals surface area (Å²) in [6, 6.07) is 0.777. The van der Waals surface area contributed by atoms with Crippen molar-refractivity contribution < 1.29 is 0 Å². The van der Waals surface area contributed by atoms with Crippen molar-refractivity contribution in [1.82, 2.24) is 5.32 Å². The molecule has 0 aromatic rings. The van der Waals surface area contributed by atoms with E-state index in [2.05, 4.69) is 33.0 Å². The van der Waals surface area contributed by atoms with Crippen LogP contribution < -0.4 is 5.32 Å². The van der Waals surface area contributed by atoms with Gasteiger partial charge in [-0.05, 0) is 43.6 Å². The minimum Gasteiger partial charge on any atom is -0.314 e. The van der Waals surface area contributed by atoms with E-state index in [4.69, 9.17) is 0 Å². The minimum absolute atomic E-state index is 0.632. The molecule has 0 aliphatic heterocycles. The van der Waals surface area contributed by atoms with Crippen LogP contribution in [0.1, 0.15) is 79.1 Å². The molecule has 1 nitrogen and oxygen atoms in total. The van der Waals surface area contributed by atoms with Gasteiger partial charge in [0.25, 0.3) is 0 Å². The molecule has 0 radical (unpaired) electrons. The molecule has 1 atom stereocenters. The van der Waals surface area contributed by atoms with Crippen LogP contribution in [0.2, 0.25) is 0 Å². The fourth-order valence-electron chi connectivity index (χ4n) is 3.63. The Morgan fingerprint density at radius 1 is 1.06 bits per heavy atom. The van der Waals surface area contributed by atoms with Crippen molar-refractivity contribution in [2.24, 2.45) is 11.3 Å². The molecule has 0 amide bonds. The molecule has 0 aromatic carbocycles. The molecule has 0 heterocycles. The zero-order valence-electron chi connectivity index (χ0n) is 12.5. The first-order chi connectivity index (χ1) is 8.14. The zero-order chi connectivity index (χ0) is 12.7. The van der Waals surface area contributed by atoms with Crippen LogP contribution in [0.5, 0.6) is 0 Å². The summed E-state index contributed by atoms with van der Waals surface area (Å²) in [6.45, 7) is 10.5. The highest BCUT2D eigenvalue weighted by Crippen LogP contribution is 2.45. The molecule has 1 aliphatic carbocycles. The summed E-state index contributed by atoms with van der Waals surface area (Å²) in [7, 11) is 0. The molecule has 0 spiro atoms. The molecule has 1 rings (SSSR count). The van der Waals surface area contributed by atoms with Gasteiger partial charge < -0.3 is 5.32 Å². The molecule has 1 unspecified atom stereocenters. The third kappa shape index (κ3) is 4.28. The largest absolute Gasteiger partial charge is 0.314 e. The first-order valence-corrected chi connectivity index (χ1v) is 7.88. The van der Waals surface area contributed by atoms with Crippen molar-refractivity contribution in [3.63, 3.8) is 0 Å². The number of hydrogen-bond donors (Lipinski definition) is 1. The average Bonchev–Trinajstić information content (AvgIpc) is 2.77. The van der Waals surface area contributed by atoms with Gasteiger partial charge in [0.2, 0.25) is 0 Å². The van der Waals surface area contributed by atoms with Gasteiger partial charge in [-0.3, -0.25) is 0 Å². The lowest BCUT2D eigenvalue weighted by Crippen LogP contribution is -2.43. The highest BCUT2D eigenvalue weighted by molar-refractivity contribution is 4.93. The zero-order valence-corrected chi connectivity index (χ0v) is 12.5. The average molecular weight is 239 g/mol. The van der Waals surface area contributed by atoms with Crippen LogP contribution in [0.15, 0.2) is 0 Å². The molecule has 1 N–H and O–H groups in total. The van der Waals surface area contributed by atoms with E-state index in [0.29, 0.717) is 5.41 Å². The van der Waals surface area contributed by atoms with E-state index in [1.165, 1.54) is 51.4 Å². The van der Waals surface area contributed by atoms with Gasteiger partial charge >= 0.3 is 0 Å². The van der Waals surface area contributed by atoms with Gasteiger partial charge in [-0.25, -0.2) is 0 Å². The summed E-state index contributed by atoms with van der Waals surface area (Å²) in [5.74, 6) is 0.860. The van der Waals surface area contributed by atoms with Crippen LogP contribution >= 0.6 is 0 Å². The van der Waals surface area contributed by atoms with E-state index >= 15 is 0 Å². The second-order valence-electron chi connectivity index (χ2n) is 6.36. The summed E-state index contributed by atoms with van der Waals surface area (Å²) < 4.78 is 0. The van der Waals surface area contributed by atoms with Crippen molar-refractivity contribution in [1.29, 1.82) is 0 Å². The lowest BCUT2D eigenvalue weighted by Gasteiger charge is -2.38. The Balaban J connectivity index is 2.50. The van der Waals surface area contributed by atoms with Crippen molar-refractivity contribution in [3.05, 3.63) is 0 Å². The molecule has 1 aliphatic rings. The van der Waals surface area contributed by atoms with Crippen molar-refractivity contribution in [3.8, 4) is 0 Å². The summed E-state index contributed by atoms with van der Waals surface area (Å²) in [4.78, 5) is 0. The van der Waals surface area contributed by atoms with Gasteiger partial charge in [0.1, 0.15) is 0 Å². The van der Waals surface area contributed by atoms with E-state index in [0.717, 1.165) is 18.5 Å². The second kappa shape index (κ2) is 7.41. The minimum atomic E-state index is 0.632. The van der Waals surface area contributed by atoms with Gasteiger partial charge in [0, 0.05) is 6.04 Å². The third-order valence-electron chi connectivity index (χ3n) is 4.77. The lowest BCUT2D eigenvalue weighted by molar-refractivity contribution is 0.174. The van der Waals surface area contributed by atoms with E-state index in [-0.39, 0.29) is 0 Å². The van der Waals surface area contributed by atoms with Crippen LogP contribution in [0, 0.1) is 11.3 Å². The maximum Gasteiger partial charge on any atom is 0.0123 e. The Hall–Kier alpha value is -0.0400. The monoisotopic (exact) mass is 239 g/mol. The summed E-state index contributed by atoms with van der Waals surface area (Å²) in [5, 5.41) is 3.79. The number of hydrogen-bond acceptors (Lipinski definition) is 1. The smallest absolute Gasteiger partial charge is 0.0123 e. The lowest BCUT2D eigenvalue weighted by atomic mass is 9.74. The maximum atomic E-state index is 3.79. The molecule has 1 fully saturated rings. The molecule has 1 saturated carbocycles. The predicted octanol–water partition coefficient (Wildman–Crippen LogP) is 4.76. The molecular weight excluding hydrogens is 206 g/mol. The number of nitrogens with one attached hydrogen (secondary N) is 1. The molecule has 17 heavy (non-hydrogen) atoms. The van der Waals surface area contributed by atoms with Crippen molar-refractivity contribution in [2.45, 2.75) is 85.1 Å². The molecule has 0 saturated heterocycles. The summed E-state index contributed by atoms with van der Waals surface area (Å²) in [5.41, 5.74) is 0.632. The highest BCUT2D eigenvalue weighted by Gasteiger charge is 2.38. The van der Waals surface area contributed by atoms with Crippen LogP contribution in [-0.2, 0) is 0 Å². The van der Waals surface area contributed by atoms with Crippen LogP contribution in [-0.4, -0.2) is 12.6 Å². The standard InChI is InChI=1S/C16H33N/c1-5-16(12-7-8-13-16)15(17-6-2)11-9-10-14(3)4/h14-15,17H,5-13H2,1-4H3. The Labute approximate surface area is 109 Å². The Bertz CT molecular complexity index is 192. The van der Waals surface area contributed by atoms with Gasteiger partial charge in [-0.2, -0.15) is 0 Å². The first kappa shape index (κ1) is 15.0. The van der Waals surface area contributed by atoms with Gasteiger partial charge in [-0.1, -0.05) is 53.4 Å². The van der Waals surface area contributed by atoms with E-state index < -0.39 is 0 Å².